The maximum atomic E-state index is 13.7. The van der Waals surface area contributed by atoms with Crippen LogP contribution in [0.3, 0.4) is 0 Å². The van der Waals surface area contributed by atoms with Crippen LogP contribution in [0.4, 0.5) is 9.59 Å². The van der Waals surface area contributed by atoms with Crippen LogP contribution in [0.2, 0.25) is 0 Å². The van der Waals surface area contributed by atoms with Crippen LogP contribution in [-0.4, -0.2) is 98.1 Å². The summed E-state index contributed by atoms with van der Waals surface area (Å²) in [6.07, 6.45) is 7.37. The lowest BCUT2D eigenvalue weighted by molar-refractivity contribution is -0.101. The van der Waals surface area contributed by atoms with Gasteiger partial charge in [0, 0.05) is 37.0 Å². The van der Waals surface area contributed by atoms with Crippen molar-refractivity contribution in [1.29, 1.82) is 0 Å². The van der Waals surface area contributed by atoms with Gasteiger partial charge in [0.15, 0.2) is 0 Å². The first-order chi connectivity index (χ1) is 22.5. The first-order valence-electron chi connectivity index (χ1n) is 16.5. The lowest BCUT2D eigenvalue weighted by Crippen LogP contribution is -2.45. The topological polar surface area (TPSA) is 230 Å². The number of nitrogens with zero attached hydrogens (tertiary/aromatic N) is 8. The smallest absolute Gasteiger partial charge is 0.423 e. The molecular weight excluding hydrogens is 636 g/mol. The lowest BCUT2D eigenvalue weighted by atomic mass is 9.81. The van der Waals surface area contributed by atoms with Gasteiger partial charge in [-0.2, -0.15) is 18.5 Å². The fourth-order valence-electron chi connectivity index (χ4n) is 8.90. The van der Waals surface area contributed by atoms with Crippen LogP contribution in [-0.2, 0) is 19.0 Å². The highest BCUT2D eigenvalue weighted by Gasteiger charge is 2.67. The van der Waals surface area contributed by atoms with Crippen molar-refractivity contribution in [2.45, 2.75) is 112 Å². The van der Waals surface area contributed by atoms with E-state index in [1.807, 2.05) is 0 Å². The summed E-state index contributed by atoms with van der Waals surface area (Å²) in [7, 11) is -4.89. The molecule has 2 spiro atoms. The third kappa shape index (κ3) is 4.25. The van der Waals surface area contributed by atoms with Crippen molar-refractivity contribution in [2.75, 3.05) is 13.1 Å². The number of piperidine rings is 2. The molecule has 19 heteroatoms. The Kier molecular flexibility index (Phi) is 5.72. The van der Waals surface area contributed by atoms with E-state index in [9.17, 15) is 18.0 Å². The molecular formula is C28H36N10O8S. The van der Waals surface area contributed by atoms with Gasteiger partial charge in [-0.3, -0.25) is 0 Å². The zero-order valence-electron chi connectivity index (χ0n) is 25.5. The number of nitrogens with two attached hydrogens (primary N) is 2. The van der Waals surface area contributed by atoms with Crippen molar-refractivity contribution >= 4 is 22.5 Å². The number of amides is 4. The molecule has 8 fully saturated rings. The first kappa shape index (κ1) is 28.6. The second-order valence-electron chi connectivity index (χ2n) is 15.1. The monoisotopic (exact) mass is 672 g/mol. The number of hydroxylamine groups is 4. The molecule has 10 rings (SSSR count). The SMILES string of the molecule is NC1CC(c2nnc([C@@H]3CC4(CC4)[C@@H]4CN3C(=O)N4OS(=O)(=O)ON3C(=O)N4C[C@H]3C3(CC3)C[C@H]4c3nnc(C4CC(N)C4)o3)o2)C1. The summed E-state index contributed by atoms with van der Waals surface area (Å²) in [6, 6.07) is -3.04. The predicted molar refractivity (Wildman–Crippen MR) is 153 cm³/mol. The van der Waals surface area contributed by atoms with Crippen LogP contribution in [0.25, 0.3) is 0 Å². The van der Waals surface area contributed by atoms with E-state index in [1.54, 1.807) is 0 Å². The molecule has 8 aliphatic rings. The Morgan fingerprint density at radius 3 is 1.40 bits per heavy atom. The van der Waals surface area contributed by atoms with Crippen LogP contribution in [0.1, 0.15) is 112 Å². The Bertz CT molecular complexity index is 1640. The molecule has 0 unspecified atom stereocenters. The maximum Gasteiger partial charge on any atom is 0.442 e. The summed E-state index contributed by atoms with van der Waals surface area (Å²) in [5.74, 6) is 1.91. The quantitative estimate of drug-likeness (QED) is 0.403. The Balaban J connectivity index is 0.859. The highest BCUT2D eigenvalue weighted by molar-refractivity contribution is 7.81. The molecule has 4 amide bonds. The van der Waals surface area contributed by atoms with Crippen LogP contribution in [0, 0.1) is 10.8 Å². The van der Waals surface area contributed by atoms with E-state index in [0.717, 1.165) is 61.5 Å². The first-order valence-corrected chi connectivity index (χ1v) is 17.9. The minimum atomic E-state index is -4.89. The van der Waals surface area contributed by atoms with Gasteiger partial charge in [0.1, 0.15) is 12.1 Å². The third-order valence-corrected chi connectivity index (χ3v) is 12.9. The molecule has 252 valence electrons. The van der Waals surface area contributed by atoms with Crippen molar-refractivity contribution in [3.8, 4) is 0 Å². The number of rotatable bonds is 8. The van der Waals surface area contributed by atoms with Crippen LogP contribution in [0.5, 0.6) is 0 Å². The van der Waals surface area contributed by atoms with Gasteiger partial charge in [-0.1, -0.05) is 0 Å². The van der Waals surface area contributed by atoms with Gasteiger partial charge in [-0.05, 0) is 75.0 Å². The molecule has 47 heavy (non-hydrogen) atoms. The molecule has 2 aromatic heterocycles. The molecule has 18 nitrogen and oxygen atoms in total. The Morgan fingerprint density at radius 2 is 1.04 bits per heavy atom. The van der Waals surface area contributed by atoms with Crippen molar-refractivity contribution in [3.63, 3.8) is 0 Å². The van der Waals surface area contributed by atoms with Gasteiger partial charge in [-0.15, -0.1) is 29.0 Å². The molecule has 4 saturated carbocycles. The van der Waals surface area contributed by atoms with Crippen LogP contribution < -0.4 is 11.5 Å². The number of fused-ring (bicyclic) bond motifs is 6. The standard InChI is InChI=1S/C28H36N10O8S/c29-15-5-13(6-15)21-31-33-23(43-21)17-9-27(1-2-27)19-11-35(17)25(39)37(19)45-47(41,42)46-38-20-12-36(26(38)40)18(10-28(20)3-4-28)24-34-32-22(44-24)14-7-16(30)8-14/h13-20H,1-12,29-30H2/t13?,14?,15?,16?,17-,18-,19-,20-/m0/s1. The predicted octanol–water partition coefficient (Wildman–Crippen LogP) is 1.33. The van der Waals surface area contributed by atoms with E-state index in [2.05, 4.69) is 20.4 Å². The zero-order valence-corrected chi connectivity index (χ0v) is 26.3. The van der Waals surface area contributed by atoms with Crippen molar-refractivity contribution < 1.29 is 35.4 Å². The number of hydrogen-bond acceptors (Lipinski definition) is 14. The van der Waals surface area contributed by atoms with E-state index in [-0.39, 0.29) is 47.8 Å². The van der Waals surface area contributed by atoms with Gasteiger partial charge in [-0.25, -0.2) is 9.59 Å². The molecule has 4 aliphatic carbocycles. The molecule has 4 bridgehead atoms. The van der Waals surface area contributed by atoms with Crippen molar-refractivity contribution in [3.05, 3.63) is 23.6 Å². The van der Waals surface area contributed by atoms with E-state index in [0.29, 0.717) is 36.4 Å². The Labute approximate surface area is 269 Å². The molecule has 4 aliphatic heterocycles. The second-order valence-corrected chi connectivity index (χ2v) is 16.2. The van der Waals surface area contributed by atoms with E-state index in [1.165, 1.54) is 9.80 Å². The Hall–Kier alpha value is -3.39. The van der Waals surface area contributed by atoms with Crippen LogP contribution >= 0.6 is 0 Å². The minimum absolute atomic E-state index is 0.110. The Morgan fingerprint density at radius 1 is 0.660 bits per heavy atom. The van der Waals surface area contributed by atoms with Gasteiger partial charge in [0.2, 0.25) is 23.6 Å². The zero-order chi connectivity index (χ0) is 32.0. The number of hydrogen-bond donors (Lipinski definition) is 2. The van der Waals surface area contributed by atoms with Crippen molar-refractivity contribution in [1.82, 2.24) is 40.3 Å². The minimum Gasteiger partial charge on any atom is -0.423 e. The average molecular weight is 673 g/mol. The summed E-state index contributed by atoms with van der Waals surface area (Å²) in [5, 5.41) is 18.8. The molecule has 6 heterocycles. The largest absolute Gasteiger partial charge is 0.442 e. The van der Waals surface area contributed by atoms with Crippen molar-refractivity contribution in [2.24, 2.45) is 22.3 Å². The summed E-state index contributed by atoms with van der Waals surface area (Å²) in [4.78, 5) is 30.4. The normalized spacial score (nSPS) is 37.6. The number of carbonyl (C=O) groups excluding carboxylic acids is 2. The summed E-state index contributed by atoms with van der Waals surface area (Å²) in [6.45, 7) is 0.488. The average Bonchev–Trinajstić information content (AvgIpc) is 3.71. The molecule has 2 aromatic rings. The summed E-state index contributed by atoms with van der Waals surface area (Å²) < 4.78 is 49.9. The lowest BCUT2D eigenvalue weighted by Gasteiger charge is -2.35. The number of urea groups is 2. The highest BCUT2D eigenvalue weighted by Crippen LogP contribution is 2.63. The molecule has 4 saturated heterocycles. The van der Waals surface area contributed by atoms with Gasteiger partial charge >= 0.3 is 22.5 Å². The summed E-state index contributed by atoms with van der Waals surface area (Å²) in [5.41, 5.74) is 11.2. The molecule has 4 atom stereocenters. The number of carbonyl (C=O) groups is 2. The van der Waals surface area contributed by atoms with E-state index < -0.39 is 46.6 Å². The van der Waals surface area contributed by atoms with Gasteiger partial charge in [0.25, 0.3) is 0 Å². The maximum absolute atomic E-state index is 13.7. The molecule has 0 aromatic carbocycles. The fourth-order valence-corrected chi connectivity index (χ4v) is 9.66. The summed E-state index contributed by atoms with van der Waals surface area (Å²) >= 11 is 0. The highest BCUT2D eigenvalue weighted by atomic mass is 32.3. The van der Waals surface area contributed by atoms with E-state index in [4.69, 9.17) is 28.9 Å². The van der Waals surface area contributed by atoms with Gasteiger partial charge < -0.3 is 30.1 Å². The number of aromatic nitrogens is 4. The molecule has 0 radical (unpaired) electrons. The van der Waals surface area contributed by atoms with E-state index >= 15 is 0 Å². The third-order valence-electron chi connectivity index (χ3n) is 12.2. The molecule has 4 N–H and O–H groups in total. The van der Waals surface area contributed by atoms with Crippen LogP contribution in [0.15, 0.2) is 8.83 Å². The second kappa shape index (κ2) is 9.40. The fraction of sp³-hybridized carbons (Fsp3) is 0.786. The van der Waals surface area contributed by atoms with Gasteiger partial charge in [0.05, 0.1) is 12.1 Å².